The SMILES string of the molecule is Cc1ccc(S(=O)(=O)NCCNC(=O)c2ccc(Br)cc2)cc1. The standard InChI is InChI=1S/C16H17BrN2O3S/c1-12-2-8-15(9-3-12)23(21,22)19-11-10-18-16(20)13-4-6-14(17)7-5-13/h2-9,19H,10-11H2,1H3,(H,18,20). The molecule has 122 valence electrons. The van der Waals surface area contributed by atoms with Crippen molar-refractivity contribution >= 4 is 31.9 Å². The molecule has 0 atom stereocenters. The number of hydrogen-bond donors (Lipinski definition) is 2. The summed E-state index contributed by atoms with van der Waals surface area (Å²) in [6, 6.07) is 13.5. The molecule has 0 spiro atoms. The average Bonchev–Trinajstić information content (AvgIpc) is 2.52. The molecule has 7 heteroatoms. The quantitative estimate of drug-likeness (QED) is 0.736. The Kier molecular flexibility index (Phi) is 5.92. The number of carbonyl (C=O) groups is 1. The van der Waals surface area contributed by atoms with E-state index in [0.717, 1.165) is 10.0 Å². The molecule has 2 N–H and O–H groups in total. The van der Waals surface area contributed by atoms with E-state index in [2.05, 4.69) is 26.0 Å². The van der Waals surface area contributed by atoms with E-state index in [1.807, 2.05) is 6.92 Å². The summed E-state index contributed by atoms with van der Waals surface area (Å²) >= 11 is 3.30. The van der Waals surface area contributed by atoms with Gasteiger partial charge in [-0.15, -0.1) is 0 Å². The lowest BCUT2D eigenvalue weighted by molar-refractivity contribution is 0.0954. The summed E-state index contributed by atoms with van der Waals surface area (Å²) in [4.78, 5) is 12.1. The van der Waals surface area contributed by atoms with Crippen LogP contribution in [0.15, 0.2) is 57.9 Å². The molecule has 23 heavy (non-hydrogen) atoms. The molecule has 0 bridgehead atoms. The minimum absolute atomic E-state index is 0.123. The molecule has 1 amide bonds. The summed E-state index contributed by atoms with van der Waals surface area (Å²) in [5, 5.41) is 2.67. The Labute approximate surface area is 144 Å². The number of aryl methyl sites for hydroxylation is 1. The van der Waals surface area contributed by atoms with Crippen molar-refractivity contribution in [3.05, 3.63) is 64.1 Å². The van der Waals surface area contributed by atoms with Crippen molar-refractivity contribution in [1.82, 2.24) is 10.0 Å². The Morgan fingerprint density at radius 3 is 2.22 bits per heavy atom. The van der Waals surface area contributed by atoms with Crippen molar-refractivity contribution in [1.29, 1.82) is 0 Å². The zero-order chi connectivity index (χ0) is 16.9. The van der Waals surface area contributed by atoms with Gasteiger partial charge < -0.3 is 5.32 Å². The first kappa shape index (κ1) is 17.7. The molecule has 0 aliphatic carbocycles. The van der Waals surface area contributed by atoms with Gasteiger partial charge in [0, 0.05) is 23.1 Å². The number of hydrogen-bond acceptors (Lipinski definition) is 3. The normalized spacial score (nSPS) is 11.2. The number of halogens is 1. The lowest BCUT2D eigenvalue weighted by Gasteiger charge is -2.08. The maximum absolute atomic E-state index is 12.1. The number of nitrogens with one attached hydrogen (secondary N) is 2. The predicted molar refractivity (Wildman–Crippen MR) is 92.8 cm³/mol. The number of carbonyl (C=O) groups excluding carboxylic acids is 1. The molecule has 5 nitrogen and oxygen atoms in total. The van der Waals surface area contributed by atoms with Gasteiger partial charge in [0.05, 0.1) is 4.90 Å². The van der Waals surface area contributed by atoms with Crippen LogP contribution in [0, 0.1) is 6.92 Å². The number of rotatable bonds is 6. The zero-order valence-electron chi connectivity index (χ0n) is 12.5. The highest BCUT2D eigenvalue weighted by molar-refractivity contribution is 9.10. The van der Waals surface area contributed by atoms with Crippen molar-refractivity contribution in [3.63, 3.8) is 0 Å². The second-order valence-electron chi connectivity index (χ2n) is 4.97. The van der Waals surface area contributed by atoms with Crippen LogP contribution in [0.25, 0.3) is 0 Å². The van der Waals surface area contributed by atoms with Crippen molar-refractivity contribution in [2.24, 2.45) is 0 Å². The predicted octanol–water partition coefficient (Wildman–Crippen LogP) is 2.47. The summed E-state index contributed by atoms with van der Waals surface area (Å²) in [7, 11) is -3.55. The van der Waals surface area contributed by atoms with E-state index in [-0.39, 0.29) is 23.9 Å². The topological polar surface area (TPSA) is 75.3 Å². The molecule has 0 fully saturated rings. The van der Waals surface area contributed by atoms with Gasteiger partial charge in [0.15, 0.2) is 0 Å². The number of sulfonamides is 1. The van der Waals surface area contributed by atoms with Crippen LogP contribution in [-0.2, 0) is 10.0 Å². The van der Waals surface area contributed by atoms with E-state index in [1.54, 1.807) is 48.5 Å². The number of benzene rings is 2. The second kappa shape index (κ2) is 7.72. The Morgan fingerprint density at radius 2 is 1.61 bits per heavy atom. The number of amides is 1. The first-order valence-electron chi connectivity index (χ1n) is 6.98. The molecule has 2 aromatic carbocycles. The van der Waals surface area contributed by atoms with Crippen molar-refractivity contribution < 1.29 is 13.2 Å². The minimum Gasteiger partial charge on any atom is -0.351 e. The Bertz CT molecular complexity index is 772. The fraction of sp³-hybridized carbons (Fsp3) is 0.188. The fourth-order valence-electron chi connectivity index (χ4n) is 1.87. The van der Waals surface area contributed by atoms with Crippen molar-refractivity contribution in [3.8, 4) is 0 Å². The molecule has 0 aliphatic heterocycles. The van der Waals surface area contributed by atoms with Gasteiger partial charge in [-0.3, -0.25) is 4.79 Å². The van der Waals surface area contributed by atoms with E-state index in [1.165, 1.54) is 0 Å². The maximum atomic E-state index is 12.1. The molecule has 0 aliphatic rings. The molecule has 0 saturated carbocycles. The second-order valence-corrected chi connectivity index (χ2v) is 7.66. The third-order valence-corrected chi connectivity index (χ3v) is 5.15. The lowest BCUT2D eigenvalue weighted by Crippen LogP contribution is -2.34. The molecule has 0 radical (unpaired) electrons. The zero-order valence-corrected chi connectivity index (χ0v) is 14.9. The monoisotopic (exact) mass is 396 g/mol. The highest BCUT2D eigenvalue weighted by atomic mass is 79.9. The van der Waals surface area contributed by atoms with E-state index in [4.69, 9.17) is 0 Å². The van der Waals surface area contributed by atoms with E-state index in [0.29, 0.717) is 5.56 Å². The Hall–Kier alpha value is -1.70. The van der Waals surface area contributed by atoms with Gasteiger partial charge in [-0.25, -0.2) is 13.1 Å². The molecule has 0 aromatic heterocycles. The van der Waals surface area contributed by atoms with Crippen LogP contribution in [0.2, 0.25) is 0 Å². The van der Waals surface area contributed by atoms with Gasteiger partial charge >= 0.3 is 0 Å². The first-order chi connectivity index (χ1) is 10.9. The summed E-state index contributed by atoms with van der Waals surface area (Å²) in [5.41, 5.74) is 1.51. The maximum Gasteiger partial charge on any atom is 0.251 e. The van der Waals surface area contributed by atoms with Crippen LogP contribution in [0.3, 0.4) is 0 Å². The van der Waals surface area contributed by atoms with Gasteiger partial charge in [-0.2, -0.15) is 0 Å². The van der Waals surface area contributed by atoms with Gasteiger partial charge in [-0.1, -0.05) is 33.6 Å². The third kappa shape index (κ3) is 5.16. The van der Waals surface area contributed by atoms with Crippen LogP contribution in [0.5, 0.6) is 0 Å². The highest BCUT2D eigenvalue weighted by Gasteiger charge is 2.13. The smallest absolute Gasteiger partial charge is 0.251 e. The van der Waals surface area contributed by atoms with E-state index < -0.39 is 10.0 Å². The highest BCUT2D eigenvalue weighted by Crippen LogP contribution is 2.10. The Morgan fingerprint density at radius 1 is 1.00 bits per heavy atom. The van der Waals surface area contributed by atoms with Crippen molar-refractivity contribution in [2.75, 3.05) is 13.1 Å². The van der Waals surface area contributed by atoms with E-state index in [9.17, 15) is 13.2 Å². The van der Waals surface area contributed by atoms with Gasteiger partial charge in [0.1, 0.15) is 0 Å². The van der Waals surface area contributed by atoms with Crippen LogP contribution >= 0.6 is 15.9 Å². The van der Waals surface area contributed by atoms with Crippen LogP contribution in [0.4, 0.5) is 0 Å². The van der Waals surface area contributed by atoms with Gasteiger partial charge in [-0.05, 0) is 43.3 Å². The molecular formula is C16H17BrN2O3S. The minimum atomic E-state index is -3.55. The van der Waals surface area contributed by atoms with Crippen LogP contribution < -0.4 is 10.0 Å². The summed E-state index contributed by atoms with van der Waals surface area (Å²) in [6.45, 7) is 2.22. The van der Waals surface area contributed by atoms with Crippen molar-refractivity contribution in [2.45, 2.75) is 11.8 Å². The molecule has 2 rings (SSSR count). The molecule has 0 saturated heterocycles. The summed E-state index contributed by atoms with van der Waals surface area (Å²) in [6.07, 6.45) is 0. The Balaban J connectivity index is 1.83. The molecule has 0 heterocycles. The van der Waals surface area contributed by atoms with Crippen LogP contribution in [-0.4, -0.2) is 27.4 Å². The molecular weight excluding hydrogens is 380 g/mol. The third-order valence-electron chi connectivity index (χ3n) is 3.14. The fourth-order valence-corrected chi connectivity index (χ4v) is 3.16. The largest absolute Gasteiger partial charge is 0.351 e. The molecule has 0 unspecified atom stereocenters. The average molecular weight is 397 g/mol. The van der Waals surface area contributed by atoms with Gasteiger partial charge in [0.2, 0.25) is 10.0 Å². The molecule has 2 aromatic rings. The van der Waals surface area contributed by atoms with Crippen LogP contribution in [0.1, 0.15) is 15.9 Å². The van der Waals surface area contributed by atoms with Gasteiger partial charge in [0.25, 0.3) is 5.91 Å². The first-order valence-corrected chi connectivity index (χ1v) is 9.26. The van der Waals surface area contributed by atoms with E-state index >= 15 is 0 Å². The summed E-state index contributed by atoms with van der Waals surface area (Å²) < 4.78 is 27.5. The summed E-state index contributed by atoms with van der Waals surface area (Å²) in [5.74, 6) is -0.243. The lowest BCUT2D eigenvalue weighted by atomic mass is 10.2.